The zero-order valence-corrected chi connectivity index (χ0v) is 9.77. The fraction of sp³-hybridized carbons (Fsp3) is 0.0714. The zero-order valence-electron chi connectivity index (χ0n) is 9.77. The first kappa shape index (κ1) is 10.8. The molecule has 0 amide bonds. The number of benzene rings is 2. The maximum absolute atomic E-state index is 13.2. The van der Waals surface area contributed by atoms with Gasteiger partial charge in [-0.05, 0) is 48.9 Å². The molecule has 0 fully saturated rings. The Kier molecular flexibility index (Phi) is 2.30. The lowest BCUT2D eigenvalue weighted by Crippen LogP contribution is -1.84. The largest absolute Gasteiger partial charge is 0.436 e. The average Bonchev–Trinajstić information content (AvgIpc) is 2.75. The van der Waals surface area contributed by atoms with Gasteiger partial charge in [0.1, 0.15) is 11.3 Å². The molecule has 3 aromatic rings. The summed E-state index contributed by atoms with van der Waals surface area (Å²) in [5.74, 6) is 0.234. The highest BCUT2D eigenvalue weighted by Crippen LogP contribution is 2.26. The van der Waals surface area contributed by atoms with Gasteiger partial charge in [0, 0.05) is 11.3 Å². The predicted molar refractivity (Wildman–Crippen MR) is 68.6 cm³/mol. The van der Waals surface area contributed by atoms with Crippen LogP contribution in [0.25, 0.3) is 22.6 Å². The minimum atomic E-state index is -0.237. The summed E-state index contributed by atoms with van der Waals surface area (Å²) >= 11 is 0. The second kappa shape index (κ2) is 3.84. The topological polar surface area (TPSA) is 52.0 Å². The molecule has 1 aromatic heterocycles. The number of hydrogen-bond donors (Lipinski definition) is 1. The van der Waals surface area contributed by atoms with Gasteiger partial charge in [-0.2, -0.15) is 0 Å². The molecule has 0 aliphatic carbocycles. The van der Waals surface area contributed by atoms with Crippen molar-refractivity contribution in [2.75, 3.05) is 5.73 Å². The first-order valence-electron chi connectivity index (χ1n) is 5.56. The highest BCUT2D eigenvalue weighted by Gasteiger charge is 2.09. The van der Waals surface area contributed by atoms with Gasteiger partial charge in [-0.15, -0.1) is 0 Å². The summed E-state index contributed by atoms with van der Waals surface area (Å²) in [5.41, 5.74) is 9.01. The Morgan fingerprint density at radius 1 is 1.17 bits per heavy atom. The van der Waals surface area contributed by atoms with Gasteiger partial charge in [0.05, 0.1) is 0 Å². The zero-order chi connectivity index (χ0) is 12.7. The molecular formula is C14H11FN2O. The molecule has 18 heavy (non-hydrogen) atoms. The lowest BCUT2D eigenvalue weighted by Gasteiger charge is -1.98. The number of hydrogen-bond acceptors (Lipinski definition) is 3. The van der Waals surface area contributed by atoms with Crippen LogP contribution in [0.3, 0.4) is 0 Å². The first-order chi connectivity index (χ1) is 8.63. The summed E-state index contributed by atoms with van der Waals surface area (Å²) in [6.07, 6.45) is 0. The van der Waals surface area contributed by atoms with Crippen LogP contribution in [0, 0.1) is 12.7 Å². The van der Waals surface area contributed by atoms with E-state index in [1.54, 1.807) is 37.3 Å². The summed E-state index contributed by atoms with van der Waals surface area (Å²) in [4.78, 5) is 4.35. The third-order valence-corrected chi connectivity index (χ3v) is 2.82. The van der Waals surface area contributed by atoms with Crippen molar-refractivity contribution in [3.8, 4) is 11.5 Å². The van der Waals surface area contributed by atoms with Crippen molar-refractivity contribution in [2.24, 2.45) is 0 Å². The molecule has 0 unspecified atom stereocenters. The van der Waals surface area contributed by atoms with Gasteiger partial charge in [-0.25, -0.2) is 9.37 Å². The van der Waals surface area contributed by atoms with Crippen molar-refractivity contribution in [1.82, 2.24) is 4.98 Å². The van der Waals surface area contributed by atoms with E-state index in [1.807, 2.05) is 0 Å². The number of halogens is 1. The fourth-order valence-electron chi connectivity index (χ4n) is 1.85. The molecule has 2 N–H and O–H groups in total. The molecule has 90 valence electrons. The second-order valence-corrected chi connectivity index (χ2v) is 4.21. The second-order valence-electron chi connectivity index (χ2n) is 4.21. The monoisotopic (exact) mass is 242 g/mol. The van der Waals surface area contributed by atoms with Gasteiger partial charge in [0.15, 0.2) is 5.58 Å². The number of nitrogens with two attached hydrogens (primary N) is 1. The lowest BCUT2D eigenvalue weighted by molar-refractivity contribution is 0.612. The molecule has 0 atom stereocenters. The molecule has 2 aromatic carbocycles. The van der Waals surface area contributed by atoms with Crippen LogP contribution in [0.2, 0.25) is 0 Å². The third-order valence-electron chi connectivity index (χ3n) is 2.82. The van der Waals surface area contributed by atoms with Crippen molar-refractivity contribution < 1.29 is 8.81 Å². The van der Waals surface area contributed by atoms with Gasteiger partial charge in [0.2, 0.25) is 5.89 Å². The average molecular weight is 242 g/mol. The van der Waals surface area contributed by atoms with Crippen LogP contribution in [-0.4, -0.2) is 4.98 Å². The van der Waals surface area contributed by atoms with Crippen LogP contribution in [-0.2, 0) is 0 Å². The van der Waals surface area contributed by atoms with Gasteiger partial charge in [-0.3, -0.25) is 0 Å². The standard InChI is InChI=1S/C14H11FN2O/c1-8-6-9(2-4-11(8)15)14-17-12-7-10(16)3-5-13(12)18-14/h2-7H,16H2,1H3. The van der Waals surface area contributed by atoms with Crippen molar-refractivity contribution >= 4 is 16.8 Å². The van der Waals surface area contributed by atoms with Crippen molar-refractivity contribution in [3.63, 3.8) is 0 Å². The molecule has 3 nitrogen and oxygen atoms in total. The first-order valence-corrected chi connectivity index (χ1v) is 5.56. The highest BCUT2D eigenvalue weighted by atomic mass is 19.1. The third kappa shape index (κ3) is 1.72. The number of aryl methyl sites for hydroxylation is 1. The summed E-state index contributed by atoms with van der Waals surface area (Å²) < 4.78 is 18.8. The lowest BCUT2D eigenvalue weighted by atomic mass is 10.1. The molecule has 0 saturated heterocycles. The Labute approximate surface area is 103 Å². The van der Waals surface area contributed by atoms with Gasteiger partial charge < -0.3 is 10.2 Å². The van der Waals surface area contributed by atoms with E-state index in [-0.39, 0.29) is 5.82 Å². The molecule has 0 radical (unpaired) electrons. The van der Waals surface area contributed by atoms with E-state index in [4.69, 9.17) is 10.2 Å². The van der Waals surface area contributed by atoms with Crippen LogP contribution in [0.1, 0.15) is 5.56 Å². The number of anilines is 1. The number of nitrogen functional groups attached to an aromatic ring is 1. The molecule has 0 bridgehead atoms. The van der Waals surface area contributed by atoms with E-state index in [0.29, 0.717) is 28.2 Å². The van der Waals surface area contributed by atoms with E-state index in [1.165, 1.54) is 6.07 Å². The Hall–Kier alpha value is -2.36. The quantitative estimate of drug-likeness (QED) is 0.664. The minimum absolute atomic E-state index is 0.237. The molecule has 0 saturated carbocycles. The molecule has 3 rings (SSSR count). The number of fused-ring (bicyclic) bond motifs is 1. The van der Waals surface area contributed by atoms with Crippen molar-refractivity contribution in [2.45, 2.75) is 6.92 Å². The van der Waals surface area contributed by atoms with Gasteiger partial charge >= 0.3 is 0 Å². The normalized spacial score (nSPS) is 11.0. The van der Waals surface area contributed by atoms with Crippen molar-refractivity contribution in [3.05, 3.63) is 47.8 Å². The van der Waals surface area contributed by atoms with Crippen LogP contribution in [0.4, 0.5) is 10.1 Å². The minimum Gasteiger partial charge on any atom is -0.436 e. The molecular weight excluding hydrogens is 231 g/mol. The van der Waals surface area contributed by atoms with E-state index in [0.717, 1.165) is 5.56 Å². The van der Waals surface area contributed by atoms with Crippen LogP contribution < -0.4 is 5.73 Å². The van der Waals surface area contributed by atoms with Crippen LogP contribution in [0.15, 0.2) is 40.8 Å². The smallest absolute Gasteiger partial charge is 0.227 e. The molecule has 4 heteroatoms. The Balaban J connectivity index is 2.16. The van der Waals surface area contributed by atoms with E-state index < -0.39 is 0 Å². The molecule has 0 aliphatic heterocycles. The summed E-state index contributed by atoms with van der Waals surface area (Å²) in [6.45, 7) is 1.71. The molecule has 0 aliphatic rings. The Morgan fingerprint density at radius 2 is 2.00 bits per heavy atom. The Morgan fingerprint density at radius 3 is 2.78 bits per heavy atom. The fourth-order valence-corrected chi connectivity index (χ4v) is 1.85. The van der Waals surface area contributed by atoms with E-state index in [2.05, 4.69) is 4.98 Å². The number of oxazole rings is 1. The molecule has 1 heterocycles. The summed E-state index contributed by atoms with van der Waals surface area (Å²) in [7, 11) is 0. The maximum Gasteiger partial charge on any atom is 0.227 e. The summed E-state index contributed by atoms with van der Waals surface area (Å²) in [5, 5.41) is 0. The number of nitrogens with zero attached hydrogens (tertiary/aromatic N) is 1. The number of rotatable bonds is 1. The summed E-state index contributed by atoms with van der Waals surface area (Å²) in [6, 6.07) is 10.1. The van der Waals surface area contributed by atoms with E-state index >= 15 is 0 Å². The highest BCUT2D eigenvalue weighted by molar-refractivity contribution is 5.79. The van der Waals surface area contributed by atoms with Gasteiger partial charge in [-0.1, -0.05) is 0 Å². The van der Waals surface area contributed by atoms with Crippen LogP contribution in [0.5, 0.6) is 0 Å². The molecule has 0 spiro atoms. The maximum atomic E-state index is 13.2. The Bertz CT molecular complexity index is 734. The van der Waals surface area contributed by atoms with E-state index in [9.17, 15) is 4.39 Å². The SMILES string of the molecule is Cc1cc(-c2nc3cc(N)ccc3o2)ccc1F. The van der Waals surface area contributed by atoms with Gasteiger partial charge in [0.25, 0.3) is 0 Å². The van der Waals surface area contributed by atoms with Crippen molar-refractivity contribution in [1.29, 1.82) is 0 Å². The predicted octanol–water partition coefficient (Wildman–Crippen LogP) is 3.52. The van der Waals surface area contributed by atoms with Crippen LogP contribution >= 0.6 is 0 Å². The number of aromatic nitrogens is 1.